The molecule has 0 spiro atoms. The zero-order valence-corrected chi connectivity index (χ0v) is 24.1. The Labute approximate surface area is 247 Å². The number of nitrogens with two attached hydrogens (primary N) is 1. The van der Waals surface area contributed by atoms with E-state index in [1.54, 1.807) is 19.2 Å². The molecule has 2 bridgehead atoms. The monoisotopic (exact) mass is 580 g/mol. The van der Waals surface area contributed by atoms with Gasteiger partial charge in [0.25, 0.3) is 5.91 Å². The van der Waals surface area contributed by atoms with Crippen LogP contribution in [-0.4, -0.2) is 60.8 Å². The van der Waals surface area contributed by atoms with Gasteiger partial charge in [-0.05, 0) is 80.0 Å². The average Bonchev–Trinajstić information content (AvgIpc) is 3.41. The molecule has 2 aliphatic carbocycles. The summed E-state index contributed by atoms with van der Waals surface area (Å²) >= 11 is 0. The quantitative estimate of drug-likeness (QED) is 0.290. The van der Waals surface area contributed by atoms with Crippen molar-refractivity contribution in [1.82, 2.24) is 24.0 Å². The fraction of sp³-hybridized carbons (Fsp3) is 0.364. The highest BCUT2D eigenvalue weighted by molar-refractivity contribution is 6.00. The summed E-state index contributed by atoms with van der Waals surface area (Å²) in [4.78, 5) is 25.6. The number of nitrogens with zero attached hydrogens (tertiary/aromatic N) is 5. The SMILES string of the molecule is COc1cc(C(=O)N2CC3CCC2[C@@H]3N)cc2nc(-c3cc4ccc(-c5ccc(O)cc5F)nc4n3CC3CC3)n(C)c12. The molecule has 1 saturated heterocycles. The summed E-state index contributed by atoms with van der Waals surface area (Å²) in [6.07, 6.45) is 4.33. The van der Waals surface area contributed by atoms with Crippen LogP contribution in [0.4, 0.5) is 4.39 Å². The number of methoxy groups -OCH3 is 1. The zero-order chi connectivity index (χ0) is 29.6. The normalized spacial score (nSPS) is 21.4. The van der Waals surface area contributed by atoms with Crippen LogP contribution in [0, 0.1) is 17.7 Å². The van der Waals surface area contributed by atoms with Gasteiger partial charge in [-0.2, -0.15) is 0 Å². The minimum atomic E-state index is -0.524. The van der Waals surface area contributed by atoms with Crippen molar-refractivity contribution in [2.45, 2.75) is 44.3 Å². The number of benzene rings is 2. The van der Waals surface area contributed by atoms with Crippen LogP contribution in [0.2, 0.25) is 0 Å². The Hall–Kier alpha value is -4.44. The smallest absolute Gasteiger partial charge is 0.254 e. The highest BCUT2D eigenvalue weighted by Gasteiger charge is 2.47. The van der Waals surface area contributed by atoms with E-state index in [2.05, 4.69) is 10.6 Å². The van der Waals surface area contributed by atoms with Crippen molar-refractivity contribution in [3.63, 3.8) is 0 Å². The van der Waals surface area contributed by atoms with E-state index in [9.17, 15) is 14.3 Å². The van der Waals surface area contributed by atoms with Crippen LogP contribution in [0.25, 0.3) is 44.8 Å². The highest BCUT2D eigenvalue weighted by Crippen LogP contribution is 2.40. The number of carbonyl (C=O) groups excluding carboxylic acids is 1. The summed E-state index contributed by atoms with van der Waals surface area (Å²) in [5.74, 6) is 1.55. The van der Waals surface area contributed by atoms with Crippen LogP contribution >= 0.6 is 0 Å². The van der Waals surface area contributed by atoms with Crippen LogP contribution in [0.5, 0.6) is 11.5 Å². The zero-order valence-electron chi connectivity index (χ0n) is 24.1. The van der Waals surface area contributed by atoms with Gasteiger partial charge in [0.15, 0.2) is 5.82 Å². The summed E-state index contributed by atoms with van der Waals surface area (Å²) in [7, 11) is 3.57. The first-order valence-corrected chi connectivity index (χ1v) is 14.9. The van der Waals surface area contributed by atoms with E-state index in [0.29, 0.717) is 46.5 Å². The number of piperidine rings is 1. The van der Waals surface area contributed by atoms with Crippen LogP contribution in [0.1, 0.15) is 36.0 Å². The van der Waals surface area contributed by atoms with Gasteiger partial charge in [-0.25, -0.2) is 14.4 Å². The van der Waals surface area contributed by atoms with Gasteiger partial charge in [-0.1, -0.05) is 0 Å². The molecule has 3 fully saturated rings. The summed E-state index contributed by atoms with van der Waals surface area (Å²) in [6.45, 7) is 1.47. The molecule has 2 saturated carbocycles. The van der Waals surface area contributed by atoms with Crippen LogP contribution < -0.4 is 10.5 Å². The van der Waals surface area contributed by atoms with Gasteiger partial charge in [0, 0.05) is 54.8 Å². The molecule has 3 aromatic heterocycles. The second-order valence-electron chi connectivity index (χ2n) is 12.3. The van der Waals surface area contributed by atoms with Crippen LogP contribution in [0.3, 0.4) is 0 Å². The first kappa shape index (κ1) is 26.2. The van der Waals surface area contributed by atoms with Crippen molar-refractivity contribution in [3.05, 3.63) is 59.9 Å². The van der Waals surface area contributed by atoms with E-state index in [4.69, 9.17) is 20.4 Å². The molecule has 3 N–H and O–H groups in total. The second kappa shape index (κ2) is 9.54. The largest absolute Gasteiger partial charge is 0.508 e. The van der Waals surface area contributed by atoms with Gasteiger partial charge < -0.3 is 29.6 Å². The summed E-state index contributed by atoms with van der Waals surface area (Å²) < 4.78 is 24.8. The number of hydrogen-bond acceptors (Lipinski definition) is 6. The Bertz CT molecular complexity index is 1940. The number of halogens is 1. The van der Waals surface area contributed by atoms with Crippen molar-refractivity contribution in [1.29, 1.82) is 0 Å². The molecule has 10 heteroatoms. The molecule has 1 amide bonds. The van der Waals surface area contributed by atoms with Crippen LogP contribution in [0.15, 0.2) is 48.5 Å². The van der Waals surface area contributed by atoms with E-state index in [1.807, 2.05) is 34.7 Å². The number of rotatable bonds is 6. The third-order valence-corrected chi connectivity index (χ3v) is 9.65. The maximum absolute atomic E-state index is 14.8. The van der Waals surface area contributed by atoms with E-state index in [0.717, 1.165) is 66.4 Å². The molecule has 4 heterocycles. The standard InChI is InChI=1S/C33H33FN6O3/c1-38-30-25(11-20(13-28(30)43-2)33(42)40-16-19-6-10-26(40)29(19)35)37-32(38)27-12-18-5-9-24(22-8-7-21(41)14-23(22)34)36-31(18)39(27)15-17-3-4-17/h5,7-9,11-14,17,19,26,29,41H,3-4,6,10,15-16,35H2,1-2H3/t19?,26?,29-/m1/s1. The minimum absolute atomic E-state index is 0.0314. The van der Waals surface area contributed by atoms with Crippen molar-refractivity contribution in [2.75, 3.05) is 13.7 Å². The predicted molar refractivity (Wildman–Crippen MR) is 161 cm³/mol. The van der Waals surface area contributed by atoms with Crippen molar-refractivity contribution in [3.8, 4) is 34.3 Å². The number of ether oxygens (including phenoxy) is 1. The van der Waals surface area contributed by atoms with Crippen LogP contribution in [-0.2, 0) is 13.6 Å². The molecule has 3 atom stereocenters. The van der Waals surface area contributed by atoms with Gasteiger partial charge in [0.05, 0.1) is 24.0 Å². The fourth-order valence-electron chi connectivity index (χ4n) is 7.18. The number of carbonyl (C=O) groups is 1. The summed E-state index contributed by atoms with van der Waals surface area (Å²) in [5.41, 5.74) is 10.9. The van der Waals surface area contributed by atoms with Crippen molar-refractivity contribution >= 4 is 28.0 Å². The molecular formula is C33H33FN6O3. The Kier molecular flexibility index (Phi) is 5.81. The molecule has 5 aromatic rings. The number of aryl methyl sites for hydroxylation is 1. The van der Waals surface area contributed by atoms with Gasteiger partial charge in [0.2, 0.25) is 0 Å². The lowest BCUT2D eigenvalue weighted by molar-refractivity contribution is 0.0700. The molecule has 1 aliphatic heterocycles. The van der Waals surface area contributed by atoms with Gasteiger partial charge in [-0.15, -0.1) is 0 Å². The fourth-order valence-corrected chi connectivity index (χ4v) is 7.18. The topological polar surface area (TPSA) is 111 Å². The van der Waals surface area contributed by atoms with Gasteiger partial charge in [0.1, 0.15) is 28.5 Å². The number of amides is 1. The van der Waals surface area contributed by atoms with Gasteiger partial charge in [-0.3, -0.25) is 4.79 Å². The summed E-state index contributed by atoms with van der Waals surface area (Å²) in [5, 5.41) is 10.6. The molecule has 8 rings (SSSR count). The predicted octanol–water partition coefficient (Wildman–Crippen LogP) is 5.08. The number of fused-ring (bicyclic) bond motifs is 4. The van der Waals surface area contributed by atoms with Crippen molar-refractivity contribution < 1.29 is 19.0 Å². The Morgan fingerprint density at radius 2 is 1.93 bits per heavy atom. The Morgan fingerprint density at radius 1 is 1.09 bits per heavy atom. The second-order valence-corrected chi connectivity index (χ2v) is 12.3. The Balaban J connectivity index is 1.25. The summed E-state index contributed by atoms with van der Waals surface area (Å²) in [6, 6.07) is 13.7. The number of aromatic nitrogens is 4. The third-order valence-electron chi connectivity index (χ3n) is 9.65. The number of likely N-dealkylation sites (tertiary alicyclic amines) is 1. The molecule has 9 nitrogen and oxygen atoms in total. The van der Waals surface area contributed by atoms with Crippen molar-refractivity contribution in [2.24, 2.45) is 24.6 Å². The molecular weight excluding hydrogens is 547 g/mol. The first-order chi connectivity index (χ1) is 20.8. The number of phenols is 1. The Morgan fingerprint density at radius 3 is 2.63 bits per heavy atom. The molecule has 2 aromatic carbocycles. The van der Waals surface area contributed by atoms with E-state index in [1.165, 1.54) is 6.07 Å². The maximum atomic E-state index is 14.8. The van der Waals surface area contributed by atoms with E-state index < -0.39 is 5.82 Å². The minimum Gasteiger partial charge on any atom is -0.508 e. The number of aromatic hydroxyl groups is 1. The molecule has 3 aliphatic rings. The molecule has 220 valence electrons. The molecule has 43 heavy (non-hydrogen) atoms. The van der Waals surface area contributed by atoms with E-state index >= 15 is 0 Å². The number of hydrogen-bond donors (Lipinski definition) is 2. The lowest BCUT2D eigenvalue weighted by atomic mass is 10.1. The average molecular weight is 581 g/mol. The third kappa shape index (κ3) is 4.11. The lowest BCUT2D eigenvalue weighted by Crippen LogP contribution is -2.41. The maximum Gasteiger partial charge on any atom is 0.254 e. The highest BCUT2D eigenvalue weighted by atomic mass is 19.1. The number of imidazole rings is 1. The lowest BCUT2D eigenvalue weighted by Gasteiger charge is -2.27. The molecule has 0 radical (unpaired) electrons. The van der Waals surface area contributed by atoms with Gasteiger partial charge >= 0.3 is 0 Å². The molecule has 2 unspecified atom stereocenters. The van der Waals surface area contributed by atoms with E-state index in [-0.39, 0.29) is 23.7 Å². The number of phenolic OH excluding ortho intramolecular Hbond substituents is 1. The first-order valence-electron chi connectivity index (χ1n) is 14.9. The number of pyridine rings is 1.